The number of aliphatic hydroxyl groups excluding tert-OH is 8. The van der Waals surface area contributed by atoms with Crippen LogP contribution in [-0.4, -0.2) is 122 Å². The van der Waals surface area contributed by atoms with E-state index in [0.717, 1.165) is 0 Å². The van der Waals surface area contributed by atoms with Gasteiger partial charge in [-0.2, -0.15) is 0 Å². The summed E-state index contributed by atoms with van der Waals surface area (Å²) in [6, 6.07) is 0. The molecule has 164 valence electrons. The topological polar surface area (TPSA) is 191 Å². The molecule has 10 nitrogen and oxygen atoms in total. The third-order valence-corrected chi connectivity index (χ3v) is 4.91. The van der Waals surface area contributed by atoms with E-state index in [1.165, 1.54) is 0 Å². The highest BCUT2D eigenvalue weighted by Gasteiger charge is 2.32. The van der Waals surface area contributed by atoms with Crippen molar-refractivity contribution in [3.8, 4) is 0 Å². The number of nitrogens with zero attached hydrogens (tertiary/aromatic N) is 1. The molecule has 0 spiro atoms. The summed E-state index contributed by atoms with van der Waals surface area (Å²) < 4.78 is 0. The first-order valence-electron chi connectivity index (χ1n) is 9.33. The molecule has 0 aromatic rings. The maximum atomic E-state index is 10.4. The van der Waals surface area contributed by atoms with Crippen LogP contribution in [0.25, 0.3) is 0 Å². The minimum atomic E-state index is -1.72. The van der Waals surface area contributed by atoms with E-state index >= 15 is 0 Å². The summed E-state index contributed by atoms with van der Waals surface area (Å²) in [6.45, 7) is 3.04. The van der Waals surface area contributed by atoms with Crippen molar-refractivity contribution in [1.29, 1.82) is 0 Å². The third-order valence-electron chi connectivity index (χ3n) is 4.91. The average Bonchev–Trinajstić information content (AvgIpc) is 2.67. The standard InChI is InChI=1S/C17H38N2O8/c1-10(8-20)15(25)11(2)12(22)6-19(5-3-4-18)7-13(23)16(26)17(27)14(24)9-21/h10-17,20-27H,3-9,18H2,1-2H3/t10-,11-,12+,13+,14-,15-,16-,17-/m1/s1. The molecule has 0 saturated heterocycles. The third kappa shape index (κ3) is 9.09. The zero-order chi connectivity index (χ0) is 21.1. The highest BCUT2D eigenvalue weighted by atomic mass is 16.4. The fraction of sp³-hybridized carbons (Fsp3) is 1.00. The molecule has 8 atom stereocenters. The Morgan fingerprint density at radius 3 is 1.74 bits per heavy atom. The van der Waals surface area contributed by atoms with Gasteiger partial charge in [0.1, 0.15) is 18.3 Å². The molecule has 10 N–H and O–H groups in total. The summed E-state index contributed by atoms with van der Waals surface area (Å²) in [5, 5.41) is 77.7. The number of hydrogen-bond acceptors (Lipinski definition) is 10. The zero-order valence-electron chi connectivity index (χ0n) is 16.2. The Morgan fingerprint density at radius 2 is 1.26 bits per heavy atom. The summed E-state index contributed by atoms with van der Waals surface area (Å²) in [6.07, 6.45) is -7.78. The zero-order valence-corrected chi connectivity index (χ0v) is 16.2. The van der Waals surface area contributed by atoms with Gasteiger partial charge in [0.15, 0.2) is 0 Å². The van der Waals surface area contributed by atoms with E-state index in [-0.39, 0.29) is 19.7 Å². The minimum Gasteiger partial charge on any atom is -0.396 e. The molecule has 0 fully saturated rings. The molecule has 0 heterocycles. The lowest BCUT2D eigenvalue weighted by atomic mass is 9.89. The Bertz CT molecular complexity index is 349. The Morgan fingerprint density at radius 1 is 0.741 bits per heavy atom. The van der Waals surface area contributed by atoms with Gasteiger partial charge in [0.25, 0.3) is 0 Å². The maximum absolute atomic E-state index is 10.4. The first kappa shape index (κ1) is 26.6. The minimum absolute atomic E-state index is 0.0683. The van der Waals surface area contributed by atoms with Crippen LogP contribution in [0.15, 0.2) is 0 Å². The smallest absolute Gasteiger partial charge is 0.111 e. The largest absolute Gasteiger partial charge is 0.396 e. The van der Waals surface area contributed by atoms with Gasteiger partial charge in [-0.1, -0.05) is 13.8 Å². The molecule has 0 saturated carbocycles. The van der Waals surface area contributed by atoms with Crippen LogP contribution in [0, 0.1) is 11.8 Å². The predicted molar refractivity (Wildman–Crippen MR) is 98.7 cm³/mol. The van der Waals surface area contributed by atoms with E-state index in [1.54, 1.807) is 18.7 Å². The SMILES string of the molecule is C[C@@H]([C@H](O)[C@H](C)CO)[C@@H](O)CN(CCCN)C[C@H](O)[C@@H](O)[C@H](O)[C@H](O)CO. The Balaban J connectivity index is 4.91. The second-order valence-electron chi connectivity index (χ2n) is 7.28. The van der Waals surface area contributed by atoms with Crippen LogP contribution < -0.4 is 5.73 Å². The number of aliphatic hydroxyl groups is 8. The lowest BCUT2D eigenvalue weighted by molar-refractivity contribution is -0.121. The van der Waals surface area contributed by atoms with Gasteiger partial charge in [0.2, 0.25) is 0 Å². The molecule has 0 bridgehead atoms. The molecule has 0 aliphatic carbocycles. The van der Waals surface area contributed by atoms with Gasteiger partial charge in [-0.05, 0) is 19.5 Å². The summed E-state index contributed by atoms with van der Waals surface area (Å²) in [5.74, 6) is -0.953. The van der Waals surface area contributed by atoms with Gasteiger partial charge in [0.05, 0.1) is 24.9 Å². The van der Waals surface area contributed by atoms with E-state index in [2.05, 4.69) is 0 Å². The first-order valence-corrected chi connectivity index (χ1v) is 9.33. The normalized spacial score (nSPS) is 21.3. The van der Waals surface area contributed by atoms with Gasteiger partial charge in [-0.25, -0.2) is 0 Å². The van der Waals surface area contributed by atoms with Crippen molar-refractivity contribution in [3.05, 3.63) is 0 Å². The summed E-state index contributed by atoms with van der Waals surface area (Å²) in [4.78, 5) is 1.64. The molecule has 0 amide bonds. The molecule has 10 heteroatoms. The van der Waals surface area contributed by atoms with E-state index in [4.69, 9.17) is 15.9 Å². The van der Waals surface area contributed by atoms with Crippen molar-refractivity contribution in [3.63, 3.8) is 0 Å². The highest BCUT2D eigenvalue weighted by Crippen LogP contribution is 2.18. The van der Waals surface area contributed by atoms with Crippen LogP contribution in [-0.2, 0) is 0 Å². The molecule has 0 aromatic heterocycles. The summed E-state index contributed by atoms with van der Waals surface area (Å²) in [7, 11) is 0. The van der Waals surface area contributed by atoms with Gasteiger partial charge < -0.3 is 46.6 Å². The van der Waals surface area contributed by atoms with E-state index in [1.807, 2.05) is 0 Å². The molecule has 0 rings (SSSR count). The molecule has 0 aromatic carbocycles. The first-order chi connectivity index (χ1) is 12.6. The number of hydrogen-bond donors (Lipinski definition) is 9. The fourth-order valence-electron chi connectivity index (χ4n) is 2.79. The lowest BCUT2D eigenvalue weighted by Gasteiger charge is -2.34. The molecule has 0 aliphatic heterocycles. The summed E-state index contributed by atoms with van der Waals surface area (Å²) >= 11 is 0. The van der Waals surface area contributed by atoms with Gasteiger partial charge in [-0.15, -0.1) is 0 Å². The van der Waals surface area contributed by atoms with Crippen molar-refractivity contribution in [2.24, 2.45) is 17.6 Å². The quantitative estimate of drug-likeness (QED) is 0.132. The molecule has 0 radical (unpaired) electrons. The Labute approximate surface area is 160 Å². The van der Waals surface area contributed by atoms with Gasteiger partial charge in [-0.3, -0.25) is 4.90 Å². The van der Waals surface area contributed by atoms with Crippen LogP contribution >= 0.6 is 0 Å². The number of nitrogens with two attached hydrogens (primary N) is 1. The average molecular weight is 398 g/mol. The molecule has 0 unspecified atom stereocenters. The predicted octanol–water partition coefficient (Wildman–Crippen LogP) is -3.94. The van der Waals surface area contributed by atoms with E-state index in [9.17, 15) is 30.6 Å². The van der Waals surface area contributed by atoms with Crippen molar-refractivity contribution < 1.29 is 40.9 Å². The fourth-order valence-corrected chi connectivity index (χ4v) is 2.79. The van der Waals surface area contributed by atoms with Crippen LogP contribution in [0.4, 0.5) is 0 Å². The van der Waals surface area contributed by atoms with E-state index in [0.29, 0.717) is 19.5 Å². The Kier molecular flexibility index (Phi) is 13.5. The maximum Gasteiger partial charge on any atom is 0.111 e. The Hall–Kier alpha value is -0.400. The van der Waals surface area contributed by atoms with Gasteiger partial charge in [0, 0.05) is 31.5 Å². The van der Waals surface area contributed by atoms with Crippen molar-refractivity contribution in [1.82, 2.24) is 4.90 Å². The monoisotopic (exact) mass is 398 g/mol. The van der Waals surface area contributed by atoms with Crippen LogP contribution in [0.3, 0.4) is 0 Å². The van der Waals surface area contributed by atoms with Crippen LogP contribution in [0.5, 0.6) is 0 Å². The van der Waals surface area contributed by atoms with Crippen LogP contribution in [0.2, 0.25) is 0 Å². The molecule has 27 heavy (non-hydrogen) atoms. The van der Waals surface area contributed by atoms with Crippen molar-refractivity contribution in [2.45, 2.75) is 56.9 Å². The molecular weight excluding hydrogens is 360 g/mol. The van der Waals surface area contributed by atoms with E-state index < -0.39 is 55.1 Å². The van der Waals surface area contributed by atoms with Crippen molar-refractivity contribution in [2.75, 3.05) is 39.4 Å². The number of rotatable bonds is 15. The second-order valence-corrected chi connectivity index (χ2v) is 7.28. The summed E-state index contributed by atoms with van der Waals surface area (Å²) in [5.41, 5.74) is 5.50. The van der Waals surface area contributed by atoms with Crippen LogP contribution in [0.1, 0.15) is 20.3 Å². The highest BCUT2D eigenvalue weighted by molar-refractivity contribution is 4.84. The molecule has 0 aliphatic rings. The second kappa shape index (κ2) is 13.7. The molecular formula is C17H38N2O8. The van der Waals surface area contributed by atoms with Crippen molar-refractivity contribution >= 4 is 0 Å². The van der Waals surface area contributed by atoms with Gasteiger partial charge >= 0.3 is 0 Å². The lowest BCUT2D eigenvalue weighted by Crippen LogP contribution is -2.51.